The maximum absolute atomic E-state index is 13.5. The number of aromatic nitrogens is 2. The topological polar surface area (TPSA) is 90.3 Å². The van der Waals surface area contributed by atoms with Crippen molar-refractivity contribution in [2.24, 2.45) is 0 Å². The van der Waals surface area contributed by atoms with Gasteiger partial charge >= 0.3 is 5.97 Å². The van der Waals surface area contributed by atoms with Crippen molar-refractivity contribution in [3.05, 3.63) is 69.0 Å². The number of fused-ring (bicyclic) bond motifs is 1. The number of hydrogen-bond donors (Lipinski definition) is 1. The second kappa shape index (κ2) is 11.7. The van der Waals surface area contributed by atoms with Gasteiger partial charge in [0.15, 0.2) is 5.16 Å². The Morgan fingerprint density at radius 1 is 1.17 bits per heavy atom. The number of ether oxygens (including phenoxy) is 1. The van der Waals surface area contributed by atoms with Gasteiger partial charge in [-0.3, -0.25) is 19.0 Å². The number of carbonyl (C=O) groups is 2. The molecular weight excluding hydrogens is 486 g/mol. The number of halogens is 1. The summed E-state index contributed by atoms with van der Waals surface area (Å²) >= 11 is 7.23. The minimum atomic E-state index is -0.351. The van der Waals surface area contributed by atoms with E-state index in [0.717, 1.165) is 37.7 Å². The monoisotopic (exact) mass is 513 g/mol. The van der Waals surface area contributed by atoms with E-state index >= 15 is 0 Å². The summed E-state index contributed by atoms with van der Waals surface area (Å²) in [6, 6.07) is 12.3. The van der Waals surface area contributed by atoms with Gasteiger partial charge in [-0.2, -0.15) is 0 Å². The zero-order valence-electron chi connectivity index (χ0n) is 19.6. The molecule has 0 bridgehead atoms. The fourth-order valence-electron chi connectivity index (χ4n) is 4.34. The fraction of sp³-hybridized carbons (Fsp3) is 0.385. The predicted molar refractivity (Wildman–Crippen MR) is 138 cm³/mol. The molecule has 1 amide bonds. The summed E-state index contributed by atoms with van der Waals surface area (Å²) < 4.78 is 6.79. The molecule has 4 rings (SSSR count). The molecule has 0 atom stereocenters. The van der Waals surface area contributed by atoms with Crippen LogP contribution >= 0.6 is 23.4 Å². The lowest BCUT2D eigenvalue weighted by atomic mass is 9.95. The van der Waals surface area contributed by atoms with E-state index in [0.29, 0.717) is 39.8 Å². The smallest absolute Gasteiger partial charge is 0.316 e. The van der Waals surface area contributed by atoms with Crippen molar-refractivity contribution in [1.82, 2.24) is 14.9 Å². The van der Waals surface area contributed by atoms with Crippen LogP contribution in [0.2, 0.25) is 5.02 Å². The molecule has 35 heavy (non-hydrogen) atoms. The molecule has 2 aromatic carbocycles. The summed E-state index contributed by atoms with van der Waals surface area (Å²) in [4.78, 5) is 43.0. The second-order valence-corrected chi connectivity index (χ2v) is 9.88. The van der Waals surface area contributed by atoms with E-state index in [2.05, 4.69) is 5.32 Å². The van der Waals surface area contributed by atoms with E-state index in [1.54, 1.807) is 41.8 Å². The van der Waals surface area contributed by atoms with Gasteiger partial charge in [0.2, 0.25) is 0 Å². The van der Waals surface area contributed by atoms with Gasteiger partial charge in [0.05, 0.1) is 23.3 Å². The first-order valence-electron chi connectivity index (χ1n) is 11.8. The quantitative estimate of drug-likeness (QED) is 0.255. The highest BCUT2D eigenvalue weighted by Gasteiger charge is 2.23. The molecule has 1 aliphatic carbocycles. The molecular formula is C26H28ClN3O4S. The summed E-state index contributed by atoms with van der Waals surface area (Å²) in [6.07, 6.45) is 5.09. The maximum Gasteiger partial charge on any atom is 0.316 e. The first-order valence-corrected chi connectivity index (χ1v) is 13.2. The van der Waals surface area contributed by atoms with Crippen LogP contribution in [-0.2, 0) is 16.1 Å². The van der Waals surface area contributed by atoms with Crippen molar-refractivity contribution in [2.45, 2.75) is 56.8 Å². The van der Waals surface area contributed by atoms with E-state index in [-0.39, 0.29) is 29.2 Å². The number of esters is 1. The SMILES string of the molecule is CCOC(=O)CSc1nc2cc(C(=O)NCc3cccc(Cl)c3)ccc2c(=O)n1C1CCCCC1. The number of rotatable bonds is 8. The molecule has 184 valence electrons. The van der Waals surface area contributed by atoms with Gasteiger partial charge < -0.3 is 10.1 Å². The number of thioether (sulfide) groups is 1. The molecule has 3 aromatic rings. The number of benzene rings is 2. The number of hydrogen-bond acceptors (Lipinski definition) is 6. The van der Waals surface area contributed by atoms with Crippen LogP contribution in [0.5, 0.6) is 0 Å². The Kier molecular flexibility index (Phi) is 8.46. The molecule has 1 aromatic heterocycles. The summed E-state index contributed by atoms with van der Waals surface area (Å²) in [7, 11) is 0. The molecule has 1 aliphatic rings. The van der Waals surface area contributed by atoms with Crippen molar-refractivity contribution >= 4 is 46.1 Å². The average molecular weight is 514 g/mol. The van der Waals surface area contributed by atoms with E-state index in [9.17, 15) is 14.4 Å². The van der Waals surface area contributed by atoms with Crippen LogP contribution in [0.1, 0.15) is 61.0 Å². The molecule has 0 spiro atoms. The van der Waals surface area contributed by atoms with Crippen molar-refractivity contribution in [3.63, 3.8) is 0 Å². The second-order valence-electron chi connectivity index (χ2n) is 8.50. The van der Waals surface area contributed by atoms with E-state index in [4.69, 9.17) is 21.3 Å². The van der Waals surface area contributed by atoms with Crippen molar-refractivity contribution in [3.8, 4) is 0 Å². The zero-order chi connectivity index (χ0) is 24.8. The van der Waals surface area contributed by atoms with Gasteiger partial charge in [-0.05, 0) is 55.7 Å². The fourth-order valence-corrected chi connectivity index (χ4v) is 5.42. The average Bonchev–Trinajstić information content (AvgIpc) is 2.86. The Labute approximate surface area is 213 Å². The molecule has 0 unspecified atom stereocenters. The summed E-state index contributed by atoms with van der Waals surface area (Å²) in [5.74, 6) is -0.555. The largest absolute Gasteiger partial charge is 0.465 e. The Morgan fingerprint density at radius 2 is 1.97 bits per heavy atom. The van der Waals surface area contributed by atoms with Gasteiger partial charge in [-0.15, -0.1) is 0 Å². The molecule has 1 heterocycles. The minimum Gasteiger partial charge on any atom is -0.465 e. The number of nitrogens with one attached hydrogen (secondary N) is 1. The van der Waals surface area contributed by atoms with Crippen LogP contribution in [0.3, 0.4) is 0 Å². The predicted octanol–water partition coefficient (Wildman–Crippen LogP) is 5.14. The lowest BCUT2D eigenvalue weighted by Crippen LogP contribution is -2.29. The first-order chi connectivity index (χ1) is 17.0. The maximum atomic E-state index is 13.5. The Balaban J connectivity index is 1.63. The molecule has 0 aliphatic heterocycles. The third-order valence-electron chi connectivity index (χ3n) is 6.04. The molecule has 7 nitrogen and oxygen atoms in total. The lowest BCUT2D eigenvalue weighted by Gasteiger charge is -2.26. The first kappa shape index (κ1) is 25.3. The van der Waals surface area contributed by atoms with Crippen LogP contribution in [0.15, 0.2) is 52.4 Å². The van der Waals surface area contributed by atoms with E-state index in [1.807, 2.05) is 12.1 Å². The molecule has 9 heteroatoms. The van der Waals surface area contributed by atoms with Gasteiger partial charge in [-0.1, -0.05) is 54.8 Å². The summed E-state index contributed by atoms with van der Waals surface area (Å²) in [6.45, 7) is 2.39. The number of amides is 1. The van der Waals surface area contributed by atoms with Gasteiger partial charge in [0.1, 0.15) is 0 Å². The highest BCUT2D eigenvalue weighted by Crippen LogP contribution is 2.31. The van der Waals surface area contributed by atoms with Crippen molar-refractivity contribution < 1.29 is 14.3 Å². The molecule has 1 saturated carbocycles. The summed E-state index contributed by atoms with van der Waals surface area (Å²) in [5.41, 5.74) is 1.59. The minimum absolute atomic E-state index is 0.0542. The van der Waals surface area contributed by atoms with Crippen LogP contribution in [0.25, 0.3) is 10.9 Å². The number of nitrogens with zero attached hydrogens (tertiary/aromatic N) is 2. The van der Waals surface area contributed by atoms with E-state index < -0.39 is 0 Å². The van der Waals surface area contributed by atoms with Gasteiger partial charge in [-0.25, -0.2) is 4.98 Å². The molecule has 1 fully saturated rings. The molecule has 1 N–H and O–H groups in total. The Bertz CT molecular complexity index is 1290. The van der Waals surface area contributed by atoms with Gasteiger partial charge in [0.25, 0.3) is 11.5 Å². The lowest BCUT2D eigenvalue weighted by molar-refractivity contribution is -0.139. The normalized spacial score (nSPS) is 14.1. The van der Waals surface area contributed by atoms with Crippen molar-refractivity contribution in [2.75, 3.05) is 12.4 Å². The highest BCUT2D eigenvalue weighted by atomic mass is 35.5. The van der Waals surface area contributed by atoms with Gasteiger partial charge in [0, 0.05) is 23.2 Å². The summed E-state index contributed by atoms with van der Waals surface area (Å²) in [5, 5.41) is 4.43. The number of carbonyl (C=O) groups excluding carboxylic acids is 2. The Hall–Kier alpha value is -2.84. The van der Waals surface area contributed by atoms with Crippen LogP contribution < -0.4 is 10.9 Å². The Morgan fingerprint density at radius 3 is 2.71 bits per heavy atom. The van der Waals surface area contributed by atoms with E-state index in [1.165, 1.54) is 11.8 Å². The van der Waals surface area contributed by atoms with Crippen LogP contribution in [-0.4, -0.2) is 33.8 Å². The third-order valence-corrected chi connectivity index (χ3v) is 7.20. The van der Waals surface area contributed by atoms with Crippen LogP contribution in [0, 0.1) is 0 Å². The van der Waals surface area contributed by atoms with Crippen molar-refractivity contribution in [1.29, 1.82) is 0 Å². The zero-order valence-corrected chi connectivity index (χ0v) is 21.2. The van der Waals surface area contributed by atoms with Crippen LogP contribution in [0.4, 0.5) is 0 Å². The highest BCUT2D eigenvalue weighted by molar-refractivity contribution is 7.99. The molecule has 0 saturated heterocycles. The third kappa shape index (κ3) is 6.24. The molecule has 0 radical (unpaired) electrons. The standard InChI is InChI=1S/C26H28ClN3O4S/c1-2-34-23(31)16-35-26-29-22-14-18(24(32)28-15-17-7-6-8-19(27)13-17)11-12-21(22)25(33)30(26)20-9-4-3-5-10-20/h6-8,11-14,20H,2-5,9-10,15-16H2,1H3,(H,28,32).